The number of nitrogens with one attached hydrogen (secondary N) is 1. The third-order valence-corrected chi connectivity index (χ3v) is 3.92. The van der Waals surface area contributed by atoms with Gasteiger partial charge in [-0.15, -0.1) is 0 Å². The van der Waals surface area contributed by atoms with Crippen molar-refractivity contribution in [2.45, 2.75) is 18.4 Å². The number of benzene rings is 1. The molecule has 5 nitrogen and oxygen atoms in total. The van der Waals surface area contributed by atoms with Crippen LogP contribution in [0.5, 0.6) is 11.5 Å². The van der Waals surface area contributed by atoms with Crippen molar-refractivity contribution in [3.05, 3.63) is 18.2 Å². The summed E-state index contributed by atoms with van der Waals surface area (Å²) in [6.07, 6.45) is 1.56. The second-order valence-corrected chi connectivity index (χ2v) is 5.28. The van der Waals surface area contributed by atoms with E-state index in [2.05, 4.69) is 16.3 Å². The molecule has 1 fully saturated rings. The number of hydrogen-bond donors (Lipinski definition) is 2. The lowest BCUT2D eigenvalue weighted by atomic mass is 9.91. The van der Waals surface area contributed by atoms with Crippen molar-refractivity contribution in [3.8, 4) is 11.5 Å². The van der Waals surface area contributed by atoms with Crippen molar-refractivity contribution in [1.29, 1.82) is 0 Å². The Labute approximate surface area is 113 Å². The molecule has 1 saturated heterocycles. The van der Waals surface area contributed by atoms with E-state index in [4.69, 9.17) is 9.47 Å². The van der Waals surface area contributed by atoms with Gasteiger partial charge in [-0.2, -0.15) is 0 Å². The maximum atomic E-state index is 10.4. The van der Waals surface area contributed by atoms with Crippen LogP contribution in [0.1, 0.15) is 12.8 Å². The number of nitrogens with zero attached hydrogens (tertiary/aromatic N) is 1. The van der Waals surface area contributed by atoms with Crippen LogP contribution in [0.3, 0.4) is 0 Å². The highest BCUT2D eigenvalue weighted by molar-refractivity contribution is 5.57. The zero-order chi connectivity index (χ0) is 13.3. The van der Waals surface area contributed by atoms with Crippen LogP contribution >= 0.6 is 0 Å². The molecule has 2 N–H and O–H groups in total. The molecule has 0 spiro atoms. The molecule has 104 valence electrons. The fourth-order valence-corrected chi connectivity index (χ4v) is 2.77. The molecule has 2 heterocycles. The third kappa shape index (κ3) is 2.48. The van der Waals surface area contributed by atoms with E-state index in [1.165, 1.54) is 0 Å². The molecule has 0 aromatic heterocycles. The number of rotatable bonds is 3. The van der Waals surface area contributed by atoms with Crippen LogP contribution in [0, 0.1) is 0 Å². The summed E-state index contributed by atoms with van der Waals surface area (Å²) in [5.74, 6) is 1.63. The quantitative estimate of drug-likeness (QED) is 0.852. The maximum absolute atomic E-state index is 10.4. The van der Waals surface area contributed by atoms with Gasteiger partial charge < -0.3 is 24.8 Å². The molecule has 0 radical (unpaired) electrons. The Balaban J connectivity index is 1.68. The third-order valence-electron chi connectivity index (χ3n) is 3.92. The second-order valence-electron chi connectivity index (χ2n) is 5.28. The molecule has 0 unspecified atom stereocenters. The van der Waals surface area contributed by atoms with Gasteiger partial charge in [-0.05, 0) is 32.0 Å². The summed E-state index contributed by atoms with van der Waals surface area (Å²) in [6, 6.07) is 6.02. The lowest BCUT2D eigenvalue weighted by Crippen LogP contribution is -2.49. The first-order valence-electron chi connectivity index (χ1n) is 6.72. The van der Waals surface area contributed by atoms with Gasteiger partial charge in [-0.1, -0.05) is 0 Å². The van der Waals surface area contributed by atoms with Crippen molar-refractivity contribution in [2.24, 2.45) is 0 Å². The van der Waals surface area contributed by atoms with Crippen molar-refractivity contribution in [2.75, 3.05) is 38.4 Å². The monoisotopic (exact) mass is 264 g/mol. The first kappa shape index (κ1) is 12.6. The molecule has 0 bridgehead atoms. The molecule has 19 heavy (non-hydrogen) atoms. The average molecular weight is 264 g/mol. The highest BCUT2D eigenvalue weighted by Gasteiger charge is 2.31. The maximum Gasteiger partial charge on any atom is 0.231 e. The fraction of sp³-hybridized carbons (Fsp3) is 0.571. The van der Waals surface area contributed by atoms with Gasteiger partial charge in [0, 0.05) is 31.4 Å². The van der Waals surface area contributed by atoms with Gasteiger partial charge >= 0.3 is 0 Å². The Morgan fingerprint density at radius 1 is 1.26 bits per heavy atom. The van der Waals surface area contributed by atoms with Gasteiger partial charge in [0.15, 0.2) is 11.5 Å². The summed E-state index contributed by atoms with van der Waals surface area (Å²) in [6.45, 7) is 2.68. The van der Waals surface area contributed by atoms with E-state index in [0.29, 0.717) is 13.3 Å². The largest absolute Gasteiger partial charge is 0.454 e. The summed E-state index contributed by atoms with van der Waals surface area (Å²) < 4.78 is 10.7. The molecule has 0 aliphatic carbocycles. The van der Waals surface area contributed by atoms with Crippen LogP contribution in [0.15, 0.2) is 18.2 Å². The van der Waals surface area contributed by atoms with Crippen molar-refractivity contribution in [1.82, 2.24) is 5.32 Å². The van der Waals surface area contributed by atoms with Crippen LogP contribution < -0.4 is 19.7 Å². The topological polar surface area (TPSA) is 54.0 Å². The average Bonchev–Trinajstić information content (AvgIpc) is 2.87. The molecular weight excluding hydrogens is 244 g/mol. The van der Waals surface area contributed by atoms with Crippen LogP contribution in [-0.4, -0.2) is 44.2 Å². The number of likely N-dealkylation sites (N-methyl/N-ethyl adjacent to an activating group) is 1. The Hall–Kier alpha value is -1.46. The molecule has 1 aromatic carbocycles. The molecule has 0 atom stereocenters. The van der Waals surface area contributed by atoms with Crippen molar-refractivity contribution in [3.63, 3.8) is 0 Å². The summed E-state index contributed by atoms with van der Waals surface area (Å²) in [7, 11) is 1.88. The Morgan fingerprint density at radius 2 is 2.00 bits per heavy atom. The van der Waals surface area contributed by atoms with Crippen molar-refractivity contribution < 1.29 is 14.6 Å². The van der Waals surface area contributed by atoms with Crippen molar-refractivity contribution >= 4 is 5.69 Å². The van der Waals surface area contributed by atoms with Crippen LogP contribution in [0.4, 0.5) is 5.69 Å². The minimum Gasteiger partial charge on any atom is -0.454 e. The Morgan fingerprint density at radius 3 is 2.74 bits per heavy atom. The van der Waals surface area contributed by atoms with Crippen LogP contribution in [0.25, 0.3) is 0 Å². The predicted octanol–water partition coefficient (Wildman–Crippen LogP) is 0.966. The van der Waals surface area contributed by atoms with Gasteiger partial charge in [0.1, 0.15) is 0 Å². The normalized spacial score (nSPS) is 20.6. The number of hydrogen-bond acceptors (Lipinski definition) is 5. The Kier molecular flexibility index (Phi) is 3.24. The minimum atomic E-state index is -0.568. The fourth-order valence-electron chi connectivity index (χ4n) is 2.77. The van der Waals surface area contributed by atoms with E-state index in [-0.39, 0.29) is 0 Å². The first-order valence-corrected chi connectivity index (χ1v) is 6.72. The zero-order valence-electron chi connectivity index (χ0n) is 11.2. The van der Waals surface area contributed by atoms with Crippen LogP contribution in [-0.2, 0) is 0 Å². The van der Waals surface area contributed by atoms with E-state index < -0.39 is 5.60 Å². The van der Waals surface area contributed by atoms with Gasteiger partial charge in [-0.25, -0.2) is 0 Å². The first-order chi connectivity index (χ1) is 9.20. The smallest absolute Gasteiger partial charge is 0.231 e. The molecule has 2 aliphatic heterocycles. The zero-order valence-corrected chi connectivity index (χ0v) is 11.2. The van der Waals surface area contributed by atoms with Gasteiger partial charge in [0.2, 0.25) is 6.79 Å². The Bertz CT molecular complexity index is 456. The number of ether oxygens (including phenoxy) is 2. The predicted molar refractivity (Wildman–Crippen MR) is 72.9 cm³/mol. The molecule has 0 saturated carbocycles. The van der Waals surface area contributed by atoms with Gasteiger partial charge in [0.05, 0.1) is 5.60 Å². The number of fused-ring (bicyclic) bond motifs is 1. The molecular formula is C14H20N2O3. The molecule has 1 aromatic rings. The van der Waals surface area contributed by atoms with Gasteiger partial charge in [-0.3, -0.25) is 0 Å². The van der Waals surface area contributed by atoms with E-state index >= 15 is 0 Å². The lowest BCUT2D eigenvalue weighted by molar-refractivity contribution is 0.0185. The summed E-state index contributed by atoms with van der Waals surface area (Å²) in [5.41, 5.74) is 0.567. The summed E-state index contributed by atoms with van der Waals surface area (Å²) >= 11 is 0. The standard InChI is InChI=1S/C14H20N2O3/c1-15-9-14(17)4-6-16(7-5-14)11-2-3-12-13(8-11)19-10-18-12/h2-3,8,15,17H,4-7,9-10H2,1H3. The molecule has 3 rings (SSSR count). The highest BCUT2D eigenvalue weighted by atomic mass is 16.7. The number of piperidine rings is 1. The summed E-state index contributed by atoms with van der Waals surface area (Å²) in [5, 5.41) is 13.4. The van der Waals surface area contributed by atoms with E-state index in [9.17, 15) is 5.11 Å². The number of anilines is 1. The van der Waals surface area contributed by atoms with E-state index in [1.54, 1.807) is 0 Å². The van der Waals surface area contributed by atoms with Gasteiger partial charge in [0.25, 0.3) is 0 Å². The molecule has 0 amide bonds. The minimum absolute atomic E-state index is 0.306. The lowest BCUT2D eigenvalue weighted by Gasteiger charge is -2.39. The van der Waals surface area contributed by atoms with Crippen LogP contribution in [0.2, 0.25) is 0 Å². The number of aliphatic hydroxyl groups is 1. The molecule has 2 aliphatic rings. The van der Waals surface area contributed by atoms with E-state index in [0.717, 1.165) is 43.1 Å². The molecule has 5 heteroatoms. The highest BCUT2D eigenvalue weighted by Crippen LogP contribution is 2.36. The SMILES string of the molecule is CNCC1(O)CCN(c2ccc3c(c2)OCO3)CC1. The van der Waals surface area contributed by atoms with E-state index in [1.807, 2.05) is 19.2 Å². The second kappa shape index (κ2) is 4.90. The summed E-state index contributed by atoms with van der Waals surface area (Å²) in [4.78, 5) is 2.28.